The van der Waals surface area contributed by atoms with Crippen LogP contribution in [0.4, 0.5) is 10.3 Å². The fourth-order valence-electron chi connectivity index (χ4n) is 2.75. The van der Waals surface area contributed by atoms with Crippen LogP contribution in [0.5, 0.6) is 0 Å². The Morgan fingerprint density at radius 1 is 1.53 bits per heavy atom. The number of nitrogens with zero attached hydrogens (tertiary/aromatic N) is 2. The van der Waals surface area contributed by atoms with E-state index in [9.17, 15) is 4.39 Å². The lowest BCUT2D eigenvalue weighted by Gasteiger charge is -2.35. The van der Waals surface area contributed by atoms with Gasteiger partial charge in [-0.25, -0.2) is 9.37 Å². The zero-order chi connectivity index (χ0) is 13.6. The van der Waals surface area contributed by atoms with Gasteiger partial charge in [0.15, 0.2) is 0 Å². The first kappa shape index (κ1) is 12.9. The number of ether oxygens (including phenoxy) is 1. The van der Waals surface area contributed by atoms with Crippen molar-refractivity contribution in [2.45, 2.75) is 25.3 Å². The predicted octanol–water partition coefficient (Wildman–Crippen LogP) is 3.05. The molecule has 2 aromatic rings. The molecule has 2 heterocycles. The summed E-state index contributed by atoms with van der Waals surface area (Å²) in [5, 5.41) is 0. The van der Waals surface area contributed by atoms with Crippen LogP contribution in [0.1, 0.15) is 19.8 Å². The van der Waals surface area contributed by atoms with Gasteiger partial charge in [0.05, 0.1) is 27.7 Å². The standard InChI is InChI=1S/C13H15BrFN3O/c1-13(3-2-4-19-7-13)18-11-5-8(14)9(15)6-10(11)17-12(18)16/h5-6H,2-4,7H2,1H3,(H2,16,17). The van der Waals surface area contributed by atoms with Crippen LogP contribution in [0.15, 0.2) is 16.6 Å². The van der Waals surface area contributed by atoms with E-state index in [0.29, 0.717) is 22.5 Å². The molecular formula is C13H15BrFN3O. The molecule has 3 rings (SSSR count). The Morgan fingerprint density at radius 3 is 3.00 bits per heavy atom. The van der Waals surface area contributed by atoms with Crippen molar-refractivity contribution < 1.29 is 9.13 Å². The number of halogens is 2. The van der Waals surface area contributed by atoms with E-state index in [1.807, 2.05) is 4.57 Å². The molecule has 0 radical (unpaired) electrons. The van der Waals surface area contributed by atoms with Crippen LogP contribution in [0.2, 0.25) is 0 Å². The van der Waals surface area contributed by atoms with Gasteiger partial charge in [-0.2, -0.15) is 0 Å². The summed E-state index contributed by atoms with van der Waals surface area (Å²) in [7, 11) is 0. The molecule has 2 N–H and O–H groups in total. The van der Waals surface area contributed by atoms with E-state index in [2.05, 4.69) is 27.8 Å². The first-order valence-corrected chi connectivity index (χ1v) is 7.02. The van der Waals surface area contributed by atoms with Crippen LogP contribution in [-0.4, -0.2) is 22.8 Å². The lowest BCUT2D eigenvalue weighted by Crippen LogP contribution is -2.39. The smallest absolute Gasteiger partial charge is 0.201 e. The van der Waals surface area contributed by atoms with Crippen LogP contribution < -0.4 is 5.73 Å². The van der Waals surface area contributed by atoms with Crippen molar-refractivity contribution in [1.82, 2.24) is 9.55 Å². The van der Waals surface area contributed by atoms with Gasteiger partial charge >= 0.3 is 0 Å². The van der Waals surface area contributed by atoms with Crippen LogP contribution in [0.3, 0.4) is 0 Å². The maximum Gasteiger partial charge on any atom is 0.201 e. The minimum Gasteiger partial charge on any atom is -0.379 e. The fraction of sp³-hybridized carbons (Fsp3) is 0.462. The summed E-state index contributed by atoms with van der Waals surface area (Å²) in [6.07, 6.45) is 1.95. The number of nitrogens with two attached hydrogens (primary N) is 1. The summed E-state index contributed by atoms with van der Waals surface area (Å²) in [4.78, 5) is 4.26. The van der Waals surface area contributed by atoms with E-state index in [-0.39, 0.29) is 11.4 Å². The fourth-order valence-corrected chi connectivity index (χ4v) is 3.09. The lowest BCUT2D eigenvalue weighted by molar-refractivity contribution is 0.0124. The first-order chi connectivity index (χ1) is 9.01. The Morgan fingerprint density at radius 2 is 2.32 bits per heavy atom. The minimum absolute atomic E-state index is 0.228. The molecule has 1 fully saturated rings. The van der Waals surface area contributed by atoms with Crippen molar-refractivity contribution >= 4 is 32.9 Å². The SMILES string of the molecule is CC1(n2c(N)nc3cc(F)c(Br)cc32)CCCOC1. The number of fused-ring (bicyclic) bond motifs is 1. The number of nitrogen functional groups attached to an aromatic ring is 1. The summed E-state index contributed by atoms with van der Waals surface area (Å²) >= 11 is 3.21. The number of rotatable bonds is 1. The van der Waals surface area contributed by atoms with Crippen molar-refractivity contribution in [3.63, 3.8) is 0 Å². The highest BCUT2D eigenvalue weighted by molar-refractivity contribution is 9.10. The summed E-state index contributed by atoms with van der Waals surface area (Å²) in [6.45, 7) is 3.47. The zero-order valence-electron chi connectivity index (χ0n) is 10.6. The molecule has 0 bridgehead atoms. The second kappa shape index (κ2) is 4.45. The maximum atomic E-state index is 13.6. The Labute approximate surface area is 118 Å². The molecule has 6 heteroatoms. The van der Waals surface area contributed by atoms with Crippen molar-refractivity contribution in [3.05, 3.63) is 22.4 Å². The average molecular weight is 328 g/mol. The monoisotopic (exact) mass is 327 g/mol. The van der Waals surface area contributed by atoms with Gasteiger partial charge in [0.25, 0.3) is 0 Å². The molecule has 1 unspecified atom stereocenters. The third-order valence-electron chi connectivity index (χ3n) is 3.68. The van der Waals surface area contributed by atoms with E-state index in [0.717, 1.165) is 25.0 Å². The molecule has 4 nitrogen and oxygen atoms in total. The first-order valence-electron chi connectivity index (χ1n) is 6.22. The molecule has 1 atom stereocenters. The van der Waals surface area contributed by atoms with E-state index in [4.69, 9.17) is 10.5 Å². The third-order valence-corrected chi connectivity index (χ3v) is 4.29. The van der Waals surface area contributed by atoms with Crippen molar-refractivity contribution in [3.8, 4) is 0 Å². The largest absolute Gasteiger partial charge is 0.379 e. The molecule has 0 aliphatic carbocycles. The number of aromatic nitrogens is 2. The molecule has 102 valence electrons. The second-order valence-corrected chi connectivity index (χ2v) is 6.07. The molecule has 1 saturated heterocycles. The van der Waals surface area contributed by atoms with Gasteiger partial charge < -0.3 is 15.0 Å². The average Bonchev–Trinajstić information content (AvgIpc) is 2.67. The van der Waals surface area contributed by atoms with E-state index in [1.165, 1.54) is 6.07 Å². The van der Waals surface area contributed by atoms with Gasteiger partial charge in [0.1, 0.15) is 5.82 Å². The summed E-state index contributed by atoms with van der Waals surface area (Å²) in [5.74, 6) is 0.0719. The summed E-state index contributed by atoms with van der Waals surface area (Å²) < 4.78 is 21.5. The van der Waals surface area contributed by atoms with E-state index >= 15 is 0 Å². The number of imidazole rings is 1. The van der Waals surface area contributed by atoms with Gasteiger partial charge in [0, 0.05) is 12.7 Å². The van der Waals surface area contributed by atoms with Crippen molar-refractivity contribution in [2.75, 3.05) is 18.9 Å². The Kier molecular flexibility index (Phi) is 3.02. The molecule has 0 spiro atoms. The Balaban J connectivity index is 2.22. The van der Waals surface area contributed by atoms with Gasteiger partial charge in [-0.1, -0.05) is 0 Å². The number of benzene rings is 1. The van der Waals surface area contributed by atoms with Gasteiger partial charge in [-0.15, -0.1) is 0 Å². The van der Waals surface area contributed by atoms with E-state index in [1.54, 1.807) is 6.07 Å². The second-order valence-electron chi connectivity index (χ2n) is 5.21. The number of anilines is 1. The van der Waals surface area contributed by atoms with Gasteiger partial charge in [-0.05, 0) is 41.8 Å². The van der Waals surface area contributed by atoms with Crippen LogP contribution in [-0.2, 0) is 10.3 Å². The Hall–Kier alpha value is -1.14. The topological polar surface area (TPSA) is 53.1 Å². The molecule has 1 aliphatic heterocycles. The van der Waals surface area contributed by atoms with Crippen molar-refractivity contribution in [1.29, 1.82) is 0 Å². The predicted molar refractivity (Wildman–Crippen MR) is 75.5 cm³/mol. The highest BCUT2D eigenvalue weighted by atomic mass is 79.9. The minimum atomic E-state index is -0.331. The molecule has 1 aromatic heterocycles. The number of hydrogen-bond acceptors (Lipinski definition) is 3. The Bertz CT molecular complexity index is 634. The van der Waals surface area contributed by atoms with Gasteiger partial charge in [0.2, 0.25) is 5.95 Å². The zero-order valence-corrected chi connectivity index (χ0v) is 12.2. The number of hydrogen-bond donors (Lipinski definition) is 1. The van der Waals surface area contributed by atoms with Crippen molar-refractivity contribution in [2.24, 2.45) is 0 Å². The molecule has 0 saturated carbocycles. The van der Waals surface area contributed by atoms with Crippen LogP contribution in [0, 0.1) is 5.82 Å². The highest BCUT2D eigenvalue weighted by Crippen LogP contribution is 2.34. The molecular weight excluding hydrogens is 313 g/mol. The quantitative estimate of drug-likeness (QED) is 0.875. The van der Waals surface area contributed by atoms with Crippen LogP contribution in [0.25, 0.3) is 11.0 Å². The summed E-state index contributed by atoms with van der Waals surface area (Å²) in [6, 6.07) is 3.13. The third kappa shape index (κ3) is 2.03. The molecule has 19 heavy (non-hydrogen) atoms. The molecule has 1 aliphatic rings. The van der Waals surface area contributed by atoms with E-state index < -0.39 is 0 Å². The van der Waals surface area contributed by atoms with Gasteiger partial charge in [-0.3, -0.25) is 0 Å². The highest BCUT2D eigenvalue weighted by Gasteiger charge is 2.33. The molecule has 0 amide bonds. The lowest BCUT2D eigenvalue weighted by atomic mass is 9.94. The molecule has 1 aromatic carbocycles. The maximum absolute atomic E-state index is 13.6. The summed E-state index contributed by atoms with van der Waals surface area (Å²) in [5.41, 5.74) is 7.21. The normalized spacial score (nSPS) is 23.9. The van der Waals surface area contributed by atoms with Crippen LogP contribution >= 0.6 is 15.9 Å².